The van der Waals surface area contributed by atoms with Crippen LogP contribution in [0.1, 0.15) is 61.1 Å². The summed E-state index contributed by atoms with van der Waals surface area (Å²) in [7, 11) is 1.38. The van der Waals surface area contributed by atoms with Gasteiger partial charge in [-0.15, -0.1) is 0 Å². The van der Waals surface area contributed by atoms with E-state index in [4.69, 9.17) is 4.74 Å². The Hall–Kier alpha value is -2.88. The minimum absolute atomic E-state index is 0.373. The first kappa shape index (κ1) is 18.9. The minimum Gasteiger partial charge on any atom is -0.464 e. The molecule has 0 atom stereocenters. The summed E-state index contributed by atoms with van der Waals surface area (Å²) in [5.41, 5.74) is 6.33. The Labute approximate surface area is 160 Å². The molecule has 2 aromatic carbocycles. The normalized spacial score (nSPS) is 11.2. The number of nitrogens with zero attached hydrogens (tertiary/aromatic N) is 1. The Bertz CT molecular complexity index is 920. The van der Waals surface area contributed by atoms with Crippen LogP contribution in [0.2, 0.25) is 0 Å². The van der Waals surface area contributed by atoms with E-state index in [1.165, 1.54) is 18.2 Å². The van der Waals surface area contributed by atoms with Crippen molar-refractivity contribution in [3.63, 3.8) is 0 Å². The molecule has 140 valence electrons. The van der Waals surface area contributed by atoms with Crippen LogP contribution in [-0.2, 0) is 4.74 Å². The van der Waals surface area contributed by atoms with Gasteiger partial charge in [-0.1, -0.05) is 76.2 Å². The van der Waals surface area contributed by atoms with Crippen molar-refractivity contribution in [1.29, 1.82) is 0 Å². The average molecular weight is 362 g/mol. The number of aromatic nitrogens is 2. The van der Waals surface area contributed by atoms with Crippen molar-refractivity contribution in [1.82, 2.24) is 10.2 Å². The molecule has 4 nitrogen and oxygen atoms in total. The molecule has 1 N–H and O–H groups in total. The van der Waals surface area contributed by atoms with Gasteiger partial charge in [0.25, 0.3) is 0 Å². The number of nitrogens with one attached hydrogen (secondary N) is 1. The van der Waals surface area contributed by atoms with Crippen LogP contribution in [0.3, 0.4) is 0 Å². The van der Waals surface area contributed by atoms with E-state index in [-0.39, 0.29) is 0 Å². The Morgan fingerprint density at radius 3 is 1.78 bits per heavy atom. The van der Waals surface area contributed by atoms with Crippen LogP contribution in [0.15, 0.2) is 48.5 Å². The summed E-state index contributed by atoms with van der Waals surface area (Å²) in [5.74, 6) is 0.494. The standard InChI is InChI=1S/C23H26N2O2/c1-14(2)16-6-10-18(11-7-16)20-21(24-25-22(20)23(26)27-5)19-12-8-17(9-13-19)15(3)4/h6-15H,1-5H3,(H,24,25). The number of benzene rings is 2. The smallest absolute Gasteiger partial charge is 0.356 e. The molecule has 0 aliphatic heterocycles. The number of aromatic amines is 1. The van der Waals surface area contributed by atoms with Crippen molar-refractivity contribution < 1.29 is 9.53 Å². The van der Waals surface area contributed by atoms with Crippen molar-refractivity contribution in [3.05, 3.63) is 65.4 Å². The zero-order chi connectivity index (χ0) is 19.6. The number of hydrogen-bond donors (Lipinski definition) is 1. The average Bonchev–Trinajstić information content (AvgIpc) is 3.12. The van der Waals surface area contributed by atoms with Crippen LogP contribution in [0.5, 0.6) is 0 Å². The Kier molecular flexibility index (Phi) is 5.45. The van der Waals surface area contributed by atoms with Gasteiger partial charge in [0.05, 0.1) is 7.11 Å². The van der Waals surface area contributed by atoms with E-state index < -0.39 is 5.97 Å². The molecule has 0 fully saturated rings. The van der Waals surface area contributed by atoms with Crippen LogP contribution >= 0.6 is 0 Å². The quantitative estimate of drug-likeness (QED) is 0.586. The largest absolute Gasteiger partial charge is 0.464 e. The van der Waals surface area contributed by atoms with Gasteiger partial charge in [0.15, 0.2) is 5.69 Å². The molecular formula is C23H26N2O2. The molecule has 3 aromatic rings. The van der Waals surface area contributed by atoms with Gasteiger partial charge in [0.1, 0.15) is 5.69 Å². The molecule has 0 spiro atoms. The number of H-pyrrole nitrogens is 1. The van der Waals surface area contributed by atoms with Gasteiger partial charge in [-0.2, -0.15) is 5.10 Å². The third-order valence-electron chi connectivity index (χ3n) is 4.87. The molecule has 27 heavy (non-hydrogen) atoms. The lowest BCUT2D eigenvalue weighted by atomic mass is 9.94. The van der Waals surface area contributed by atoms with Gasteiger partial charge < -0.3 is 4.74 Å². The SMILES string of the molecule is COC(=O)c1[nH]nc(-c2ccc(C(C)C)cc2)c1-c1ccc(C(C)C)cc1. The number of ether oxygens (including phenoxy) is 1. The molecule has 0 saturated carbocycles. The van der Waals surface area contributed by atoms with E-state index in [0.29, 0.717) is 17.5 Å². The molecule has 0 aliphatic rings. The maximum absolute atomic E-state index is 12.3. The highest BCUT2D eigenvalue weighted by molar-refractivity contribution is 5.99. The molecule has 0 radical (unpaired) electrons. The fraction of sp³-hybridized carbons (Fsp3) is 0.304. The first-order valence-electron chi connectivity index (χ1n) is 9.29. The van der Waals surface area contributed by atoms with E-state index >= 15 is 0 Å². The molecule has 1 heterocycles. The van der Waals surface area contributed by atoms with Crippen LogP contribution < -0.4 is 0 Å². The summed E-state index contributed by atoms with van der Waals surface area (Å²) in [5, 5.41) is 7.31. The van der Waals surface area contributed by atoms with Gasteiger partial charge in [0, 0.05) is 11.1 Å². The lowest BCUT2D eigenvalue weighted by Gasteiger charge is -2.10. The van der Waals surface area contributed by atoms with Crippen LogP contribution in [0.25, 0.3) is 22.4 Å². The van der Waals surface area contributed by atoms with Gasteiger partial charge in [0.2, 0.25) is 0 Å². The number of carbonyl (C=O) groups is 1. The van der Waals surface area contributed by atoms with Crippen molar-refractivity contribution in [3.8, 4) is 22.4 Å². The van der Waals surface area contributed by atoms with E-state index in [1.54, 1.807) is 0 Å². The molecule has 0 bridgehead atoms. The molecule has 0 aliphatic carbocycles. The molecule has 1 aromatic heterocycles. The summed E-state index contributed by atoms with van der Waals surface area (Å²) < 4.78 is 4.95. The summed E-state index contributed by atoms with van der Waals surface area (Å²) in [6.07, 6.45) is 0. The van der Waals surface area contributed by atoms with Crippen LogP contribution in [0.4, 0.5) is 0 Å². The van der Waals surface area contributed by atoms with Crippen molar-refractivity contribution >= 4 is 5.97 Å². The van der Waals surface area contributed by atoms with E-state index in [2.05, 4.69) is 74.3 Å². The second kappa shape index (κ2) is 7.78. The highest BCUT2D eigenvalue weighted by Crippen LogP contribution is 2.35. The van der Waals surface area contributed by atoms with Gasteiger partial charge in [-0.25, -0.2) is 4.79 Å². The van der Waals surface area contributed by atoms with Crippen molar-refractivity contribution in [2.24, 2.45) is 0 Å². The minimum atomic E-state index is -0.421. The molecule has 3 rings (SSSR count). The number of hydrogen-bond acceptors (Lipinski definition) is 3. The number of rotatable bonds is 5. The van der Waals surface area contributed by atoms with Gasteiger partial charge >= 0.3 is 5.97 Å². The number of carbonyl (C=O) groups excluding carboxylic acids is 1. The monoisotopic (exact) mass is 362 g/mol. The first-order chi connectivity index (χ1) is 12.9. The second-order valence-corrected chi connectivity index (χ2v) is 7.37. The predicted octanol–water partition coefficient (Wildman–Crippen LogP) is 5.78. The summed E-state index contributed by atoms with van der Waals surface area (Å²) in [6.45, 7) is 8.66. The Balaban J connectivity index is 2.12. The lowest BCUT2D eigenvalue weighted by molar-refractivity contribution is 0.0595. The summed E-state index contributed by atoms with van der Waals surface area (Å²) in [4.78, 5) is 12.3. The Morgan fingerprint density at radius 2 is 1.33 bits per heavy atom. The van der Waals surface area contributed by atoms with E-state index in [9.17, 15) is 4.79 Å². The highest BCUT2D eigenvalue weighted by atomic mass is 16.5. The van der Waals surface area contributed by atoms with Gasteiger partial charge in [-0.05, 0) is 28.5 Å². The maximum Gasteiger partial charge on any atom is 0.356 e. The molecule has 4 heteroatoms. The number of methoxy groups -OCH3 is 1. The maximum atomic E-state index is 12.3. The predicted molar refractivity (Wildman–Crippen MR) is 109 cm³/mol. The molecular weight excluding hydrogens is 336 g/mol. The first-order valence-corrected chi connectivity index (χ1v) is 9.29. The van der Waals surface area contributed by atoms with Crippen molar-refractivity contribution in [2.45, 2.75) is 39.5 Å². The Morgan fingerprint density at radius 1 is 0.852 bits per heavy atom. The van der Waals surface area contributed by atoms with E-state index in [1.807, 2.05) is 12.1 Å². The number of esters is 1. The fourth-order valence-corrected chi connectivity index (χ4v) is 3.14. The van der Waals surface area contributed by atoms with Crippen molar-refractivity contribution in [2.75, 3.05) is 7.11 Å². The third kappa shape index (κ3) is 3.80. The van der Waals surface area contributed by atoms with E-state index in [0.717, 1.165) is 22.4 Å². The zero-order valence-electron chi connectivity index (χ0n) is 16.5. The van der Waals surface area contributed by atoms with Crippen LogP contribution in [-0.4, -0.2) is 23.3 Å². The molecule has 0 unspecified atom stereocenters. The topological polar surface area (TPSA) is 55.0 Å². The van der Waals surface area contributed by atoms with Gasteiger partial charge in [-0.3, -0.25) is 5.10 Å². The second-order valence-electron chi connectivity index (χ2n) is 7.37. The molecule has 0 amide bonds. The summed E-state index contributed by atoms with van der Waals surface area (Å²) in [6, 6.07) is 16.6. The van der Waals surface area contributed by atoms with Crippen LogP contribution in [0, 0.1) is 0 Å². The highest BCUT2D eigenvalue weighted by Gasteiger charge is 2.22. The lowest BCUT2D eigenvalue weighted by Crippen LogP contribution is -2.03. The summed E-state index contributed by atoms with van der Waals surface area (Å²) >= 11 is 0. The molecule has 0 saturated heterocycles. The third-order valence-corrected chi connectivity index (χ3v) is 4.87. The fourth-order valence-electron chi connectivity index (χ4n) is 3.14. The zero-order valence-corrected chi connectivity index (χ0v) is 16.5.